The summed E-state index contributed by atoms with van der Waals surface area (Å²) in [6.07, 6.45) is 5.71. The van der Waals surface area contributed by atoms with Crippen LogP contribution in [0.25, 0.3) is 0 Å². The summed E-state index contributed by atoms with van der Waals surface area (Å²) in [5.41, 5.74) is 0.204. The van der Waals surface area contributed by atoms with E-state index >= 15 is 0 Å². The summed E-state index contributed by atoms with van der Waals surface area (Å²) in [7, 11) is 0. The molecule has 3 N–H and O–H groups in total. The fourth-order valence-electron chi connectivity index (χ4n) is 4.37. The fourth-order valence-corrected chi connectivity index (χ4v) is 4.37. The van der Waals surface area contributed by atoms with E-state index in [2.05, 4.69) is 6.92 Å². The molecule has 0 fully saturated rings. The summed E-state index contributed by atoms with van der Waals surface area (Å²) in [5, 5.41) is 32.7. The Morgan fingerprint density at radius 2 is 1.96 bits per heavy atom. The second kappa shape index (κ2) is 6.33. The molecule has 1 heterocycles. The number of hydrogen-bond acceptors (Lipinski definition) is 4. The van der Waals surface area contributed by atoms with Crippen LogP contribution in [0.3, 0.4) is 0 Å². The Labute approximate surface area is 150 Å². The minimum atomic E-state index is -1.47. The minimum Gasteiger partial charge on any atom is -0.507 e. The van der Waals surface area contributed by atoms with E-state index in [1.807, 2.05) is 32.9 Å². The molecule has 3 rings (SSSR count). The summed E-state index contributed by atoms with van der Waals surface area (Å²) in [6.45, 7) is 7.73. The quantitative estimate of drug-likeness (QED) is 0.572. The molecule has 0 spiro atoms. The number of phenolic OH excluding ortho intramolecular Hbond substituents is 1. The summed E-state index contributed by atoms with van der Waals surface area (Å²) in [5.74, 6) is 0.269. The molecule has 1 aliphatic heterocycles. The van der Waals surface area contributed by atoms with E-state index in [1.54, 1.807) is 6.07 Å². The first-order chi connectivity index (χ1) is 11.7. The van der Waals surface area contributed by atoms with Crippen molar-refractivity contribution in [1.82, 2.24) is 0 Å². The van der Waals surface area contributed by atoms with E-state index in [-0.39, 0.29) is 5.75 Å². The van der Waals surface area contributed by atoms with Gasteiger partial charge in [-0.05, 0) is 57.7 Å². The molecular formula is C21H30O4. The van der Waals surface area contributed by atoms with E-state index in [0.29, 0.717) is 17.7 Å². The molecule has 1 aromatic rings. The Morgan fingerprint density at radius 1 is 1.24 bits per heavy atom. The molecule has 138 valence electrons. The lowest BCUT2D eigenvalue weighted by Crippen LogP contribution is -2.66. The summed E-state index contributed by atoms with van der Waals surface area (Å²) in [4.78, 5) is 0. The Balaban J connectivity index is 2.09. The van der Waals surface area contributed by atoms with Crippen LogP contribution in [0.4, 0.5) is 0 Å². The number of rotatable bonds is 4. The van der Waals surface area contributed by atoms with Gasteiger partial charge >= 0.3 is 0 Å². The normalized spacial score (nSPS) is 30.1. The molecular weight excluding hydrogens is 316 g/mol. The number of benzene rings is 1. The van der Waals surface area contributed by atoms with Gasteiger partial charge in [0, 0.05) is 11.5 Å². The van der Waals surface area contributed by atoms with E-state index in [4.69, 9.17) is 4.74 Å². The number of aliphatic hydroxyl groups is 2. The predicted molar refractivity (Wildman–Crippen MR) is 98.1 cm³/mol. The topological polar surface area (TPSA) is 69.9 Å². The number of aliphatic hydroxyl groups excluding tert-OH is 1. The first-order valence-electron chi connectivity index (χ1n) is 9.33. The lowest BCUT2D eigenvalue weighted by atomic mass is 9.62. The highest BCUT2D eigenvalue weighted by atomic mass is 16.5. The summed E-state index contributed by atoms with van der Waals surface area (Å²) in [6, 6.07) is 3.76. The van der Waals surface area contributed by atoms with Crippen LogP contribution in [-0.2, 0) is 6.42 Å². The van der Waals surface area contributed by atoms with Gasteiger partial charge in [-0.25, -0.2) is 0 Å². The highest BCUT2D eigenvalue weighted by Gasteiger charge is 2.61. The number of unbranched alkanes of at least 4 members (excludes halogenated alkanes) is 2. The van der Waals surface area contributed by atoms with Gasteiger partial charge in [0.05, 0.1) is 6.10 Å². The molecule has 25 heavy (non-hydrogen) atoms. The van der Waals surface area contributed by atoms with Gasteiger partial charge in [-0.3, -0.25) is 0 Å². The van der Waals surface area contributed by atoms with Crippen LogP contribution in [0.5, 0.6) is 11.5 Å². The van der Waals surface area contributed by atoms with Gasteiger partial charge < -0.3 is 20.1 Å². The van der Waals surface area contributed by atoms with Crippen LogP contribution >= 0.6 is 0 Å². The Kier molecular flexibility index (Phi) is 4.63. The lowest BCUT2D eigenvalue weighted by Gasteiger charge is -2.54. The molecule has 4 heteroatoms. The molecule has 0 saturated heterocycles. The zero-order valence-corrected chi connectivity index (χ0v) is 15.7. The highest BCUT2D eigenvalue weighted by molar-refractivity contribution is 5.56. The van der Waals surface area contributed by atoms with Crippen LogP contribution in [-0.4, -0.2) is 32.6 Å². The molecule has 0 bridgehead atoms. The molecule has 0 aromatic heterocycles. The van der Waals surface area contributed by atoms with Crippen LogP contribution in [0.2, 0.25) is 0 Å². The zero-order valence-electron chi connectivity index (χ0n) is 15.7. The highest BCUT2D eigenvalue weighted by Crippen LogP contribution is 2.55. The van der Waals surface area contributed by atoms with Crippen molar-refractivity contribution in [2.75, 3.05) is 0 Å². The van der Waals surface area contributed by atoms with Gasteiger partial charge in [-0.15, -0.1) is 0 Å². The second-order valence-corrected chi connectivity index (χ2v) is 8.13. The van der Waals surface area contributed by atoms with Gasteiger partial charge in [0.1, 0.15) is 22.7 Å². The van der Waals surface area contributed by atoms with Crippen molar-refractivity contribution in [2.24, 2.45) is 0 Å². The van der Waals surface area contributed by atoms with Crippen molar-refractivity contribution in [3.8, 4) is 11.5 Å². The number of hydrogen-bond donors (Lipinski definition) is 3. The number of aromatic hydroxyl groups is 1. The predicted octanol–water partition coefficient (Wildman–Crippen LogP) is 3.82. The first kappa shape index (κ1) is 18.3. The molecule has 3 atom stereocenters. The van der Waals surface area contributed by atoms with Crippen molar-refractivity contribution in [1.29, 1.82) is 0 Å². The van der Waals surface area contributed by atoms with Crippen molar-refractivity contribution < 1.29 is 20.1 Å². The third-order valence-electron chi connectivity index (χ3n) is 5.84. The van der Waals surface area contributed by atoms with Gasteiger partial charge in [0.15, 0.2) is 0 Å². The minimum absolute atomic E-state index is 0.140. The number of phenols is 1. The van der Waals surface area contributed by atoms with Crippen LogP contribution < -0.4 is 4.74 Å². The maximum absolute atomic E-state index is 11.4. The smallest absolute Gasteiger partial charge is 0.140 e. The molecule has 4 nitrogen and oxygen atoms in total. The second-order valence-electron chi connectivity index (χ2n) is 8.13. The molecule has 0 saturated carbocycles. The average molecular weight is 346 g/mol. The van der Waals surface area contributed by atoms with Crippen LogP contribution in [0.1, 0.15) is 70.4 Å². The average Bonchev–Trinajstić information content (AvgIpc) is 2.50. The molecule has 0 amide bonds. The standard InChI is InChI=1S/C21H30O4/c1-5-6-7-8-14-11-16(22)19-15-9-13(2)10-18(23)21(15,24)20(3,4)25-17(19)12-14/h9,11-12,15,18,22-24H,5-8,10H2,1-4H3/t15?,18?,21-/m1/s1. The molecule has 1 aliphatic carbocycles. The van der Waals surface area contributed by atoms with Crippen molar-refractivity contribution >= 4 is 0 Å². The molecule has 0 radical (unpaired) electrons. The van der Waals surface area contributed by atoms with E-state index < -0.39 is 23.2 Å². The van der Waals surface area contributed by atoms with Crippen LogP contribution in [0.15, 0.2) is 23.8 Å². The van der Waals surface area contributed by atoms with Gasteiger partial charge in [-0.1, -0.05) is 31.4 Å². The Bertz CT molecular complexity index is 691. The summed E-state index contributed by atoms with van der Waals surface area (Å²) < 4.78 is 6.13. The molecule has 1 aromatic carbocycles. The largest absolute Gasteiger partial charge is 0.507 e. The first-order valence-corrected chi connectivity index (χ1v) is 9.33. The lowest BCUT2D eigenvalue weighted by molar-refractivity contribution is -0.196. The Morgan fingerprint density at radius 3 is 2.64 bits per heavy atom. The van der Waals surface area contributed by atoms with Crippen molar-refractivity contribution in [3.05, 3.63) is 34.9 Å². The number of aryl methyl sites for hydroxylation is 1. The van der Waals surface area contributed by atoms with Crippen LogP contribution in [0, 0.1) is 0 Å². The maximum Gasteiger partial charge on any atom is 0.140 e. The molecule has 2 unspecified atom stereocenters. The van der Waals surface area contributed by atoms with Gasteiger partial charge in [0.25, 0.3) is 0 Å². The number of fused-ring (bicyclic) bond motifs is 3. The monoisotopic (exact) mass is 346 g/mol. The molecule has 2 aliphatic rings. The fraction of sp³-hybridized carbons (Fsp3) is 0.619. The van der Waals surface area contributed by atoms with Crippen molar-refractivity contribution in [2.45, 2.75) is 83.0 Å². The van der Waals surface area contributed by atoms with E-state index in [9.17, 15) is 15.3 Å². The Hall–Kier alpha value is -1.52. The van der Waals surface area contributed by atoms with Gasteiger partial charge in [0.2, 0.25) is 0 Å². The summed E-state index contributed by atoms with van der Waals surface area (Å²) >= 11 is 0. The van der Waals surface area contributed by atoms with E-state index in [0.717, 1.165) is 36.8 Å². The SMILES string of the molecule is CCCCCc1cc(O)c2c(c1)OC(C)(C)[C@]1(O)C(O)CC(C)=CC21. The van der Waals surface area contributed by atoms with Crippen molar-refractivity contribution in [3.63, 3.8) is 0 Å². The third-order valence-corrected chi connectivity index (χ3v) is 5.84. The number of ether oxygens (including phenoxy) is 1. The maximum atomic E-state index is 11.4. The van der Waals surface area contributed by atoms with Gasteiger partial charge in [-0.2, -0.15) is 0 Å². The van der Waals surface area contributed by atoms with E-state index in [1.165, 1.54) is 0 Å². The third kappa shape index (κ3) is 2.85. The zero-order chi connectivity index (χ0) is 18.4.